The lowest BCUT2D eigenvalue weighted by molar-refractivity contribution is 0.416. The van der Waals surface area contributed by atoms with Crippen LogP contribution in [0, 0.1) is 6.92 Å². The molecule has 0 amide bonds. The molecule has 0 saturated heterocycles. The van der Waals surface area contributed by atoms with Crippen LogP contribution in [0.3, 0.4) is 0 Å². The molecule has 0 aliphatic rings. The molecule has 3 aromatic rings. The minimum absolute atomic E-state index is 0.365. The summed E-state index contributed by atoms with van der Waals surface area (Å²) in [6.45, 7) is 2.00. The number of aryl methyl sites for hydroxylation is 1. The van der Waals surface area contributed by atoms with Gasteiger partial charge in [0.2, 0.25) is 5.95 Å². The molecule has 25 heavy (non-hydrogen) atoms. The van der Waals surface area contributed by atoms with E-state index in [1.165, 1.54) is 0 Å². The number of methoxy groups -OCH3 is 2. The number of para-hydroxylation sites is 2. The van der Waals surface area contributed by atoms with Gasteiger partial charge in [-0.1, -0.05) is 18.2 Å². The van der Waals surface area contributed by atoms with Crippen molar-refractivity contribution in [3.63, 3.8) is 0 Å². The van der Waals surface area contributed by atoms with Crippen LogP contribution in [0.2, 0.25) is 0 Å². The highest BCUT2D eigenvalue weighted by Crippen LogP contribution is 2.29. The average molecular weight is 337 g/mol. The number of aromatic nitrogens is 3. The number of benzene rings is 2. The first-order valence-corrected chi connectivity index (χ1v) is 7.71. The van der Waals surface area contributed by atoms with Crippen molar-refractivity contribution in [2.75, 3.05) is 24.9 Å². The van der Waals surface area contributed by atoms with E-state index in [1.807, 2.05) is 49.4 Å². The Morgan fingerprint density at radius 1 is 0.880 bits per heavy atom. The van der Waals surface area contributed by atoms with Crippen molar-refractivity contribution in [1.29, 1.82) is 0 Å². The topological polar surface area (TPSA) is 81.2 Å². The Hall–Kier alpha value is -3.35. The molecule has 0 atom stereocenters. The smallest absolute Gasteiger partial charge is 0.249 e. The highest BCUT2D eigenvalue weighted by Gasteiger charge is 2.08. The molecule has 0 fully saturated rings. The van der Waals surface area contributed by atoms with E-state index in [0.29, 0.717) is 17.5 Å². The van der Waals surface area contributed by atoms with Gasteiger partial charge in [-0.05, 0) is 36.8 Å². The van der Waals surface area contributed by atoms with Crippen LogP contribution in [0.1, 0.15) is 5.56 Å². The Kier molecular flexibility index (Phi) is 4.94. The first-order valence-electron chi connectivity index (χ1n) is 7.71. The van der Waals surface area contributed by atoms with Gasteiger partial charge in [0.05, 0.1) is 31.8 Å². The van der Waals surface area contributed by atoms with E-state index in [2.05, 4.69) is 25.8 Å². The fourth-order valence-electron chi connectivity index (χ4n) is 2.34. The van der Waals surface area contributed by atoms with Crippen LogP contribution in [0.15, 0.2) is 48.7 Å². The lowest BCUT2D eigenvalue weighted by Gasteiger charge is -2.12. The van der Waals surface area contributed by atoms with Crippen molar-refractivity contribution in [1.82, 2.24) is 15.2 Å². The van der Waals surface area contributed by atoms with Crippen LogP contribution in [-0.2, 0) is 0 Å². The van der Waals surface area contributed by atoms with Crippen LogP contribution >= 0.6 is 0 Å². The normalized spacial score (nSPS) is 10.2. The second kappa shape index (κ2) is 7.48. The fourth-order valence-corrected chi connectivity index (χ4v) is 2.34. The van der Waals surface area contributed by atoms with E-state index >= 15 is 0 Å². The minimum atomic E-state index is 0.365. The maximum absolute atomic E-state index is 5.36. The highest BCUT2D eigenvalue weighted by molar-refractivity contribution is 5.66. The zero-order chi connectivity index (χ0) is 17.6. The first kappa shape index (κ1) is 16.5. The van der Waals surface area contributed by atoms with E-state index in [0.717, 1.165) is 22.7 Å². The molecule has 0 aliphatic heterocycles. The Labute approximate surface area is 146 Å². The summed E-state index contributed by atoms with van der Waals surface area (Å²) in [6, 6.07) is 13.4. The van der Waals surface area contributed by atoms with Crippen molar-refractivity contribution in [2.24, 2.45) is 0 Å². The molecule has 0 radical (unpaired) electrons. The summed E-state index contributed by atoms with van der Waals surface area (Å²) in [5.41, 5.74) is 2.67. The first-order chi connectivity index (χ1) is 12.2. The molecule has 0 unspecified atom stereocenters. The number of hydrogen-bond donors (Lipinski definition) is 2. The molecular weight excluding hydrogens is 318 g/mol. The maximum atomic E-state index is 5.36. The quantitative estimate of drug-likeness (QED) is 0.710. The van der Waals surface area contributed by atoms with Gasteiger partial charge in [0, 0.05) is 0 Å². The van der Waals surface area contributed by atoms with Gasteiger partial charge in [0.25, 0.3) is 0 Å². The van der Waals surface area contributed by atoms with Crippen LogP contribution < -0.4 is 20.1 Å². The summed E-state index contributed by atoms with van der Waals surface area (Å²) in [5.74, 6) is 2.34. The molecule has 0 spiro atoms. The van der Waals surface area contributed by atoms with E-state index < -0.39 is 0 Å². The number of nitrogens with one attached hydrogen (secondary N) is 2. The molecule has 128 valence electrons. The molecular formula is C18H19N5O2. The molecule has 0 saturated carbocycles. The van der Waals surface area contributed by atoms with Gasteiger partial charge in [-0.25, -0.2) is 0 Å². The van der Waals surface area contributed by atoms with E-state index in [9.17, 15) is 0 Å². The van der Waals surface area contributed by atoms with Gasteiger partial charge in [-0.3, -0.25) is 0 Å². The SMILES string of the molecule is COc1ccccc1Nc1cnnc(Nc2cc(C)ccc2OC)n1. The second-order valence-corrected chi connectivity index (χ2v) is 5.32. The summed E-state index contributed by atoms with van der Waals surface area (Å²) in [5, 5.41) is 14.3. The zero-order valence-corrected chi connectivity index (χ0v) is 14.3. The van der Waals surface area contributed by atoms with Crippen molar-refractivity contribution in [3.05, 3.63) is 54.2 Å². The molecule has 2 aromatic carbocycles. The zero-order valence-electron chi connectivity index (χ0n) is 14.3. The number of ether oxygens (including phenoxy) is 2. The summed E-state index contributed by atoms with van der Waals surface area (Å²) in [4.78, 5) is 4.44. The fraction of sp³-hybridized carbons (Fsp3) is 0.167. The van der Waals surface area contributed by atoms with Gasteiger partial charge in [-0.2, -0.15) is 10.1 Å². The van der Waals surface area contributed by atoms with Crippen LogP contribution in [-0.4, -0.2) is 29.4 Å². The maximum Gasteiger partial charge on any atom is 0.249 e. The van der Waals surface area contributed by atoms with E-state index in [4.69, 9.17) is 9.47 Å². The van der Waals surface area contributed by atoms with Crippen LogP contribution in [0.4, 0.5) is 23.1 Å². The predicted octanol–water partition coefficient (Wildman–Crippen LogP) is 3.68. The lowest BCUT2D eigenvalue weighted by Crippen LogP contribution is -2.04. The molecule has 3 rings (SSSR count). The number of rotatable bonds is 6. The third kappa shape index (κ3) is 3.95. The van der Waals surface area contributed by atoms with Gasteiger partial charge in [0.15, 0.2) is 5.82 Å². The summed E-state index contributed by atoms with van der Waals surface area (Å²) < 4.78 is 10.7. The summed E-state index contributed by atoms with van der Waals surface area (Å²) >= 11 is 0. The molecule has 0 bridgehead atoms. The number of hydrogen-bond acceptors (Lipinski definition) is 7. The van der Waals surface area contributed by atoms with Gasteiger partial charge >= 0.3 is 0 Å². The largest absolute Gasteiger partial charge is 0.495 e. The van der Waals surface area contributed by atoms with Crippen molar-refractivity contribution < 1.29 is 9.47 Å². The van der Waals surface area contributed by atoms with E-state index in [1.54, 1.807) is 20.4 Å². The number of anilines is 4. The Morgan fingerprint density at radius 3 is 2.44 bits per heavy atom. The molecule has 7 nitrogen and oxygen atoms in total. The number of nitrogens with zero attached hydrogens (tertiary/aromatic N) is 3. The lowest BCUT2D eigenvalue weighted by atomic mass is 10.2. The van der Waals surface area contributed by atoms with E-state index in [-0.39, 0.29) is 0 Å². The molecule has 0 aliphatic carbocycles. The molecule has 1 aromatic heterocycles. The average Bonchev–Trinajstić information content (AvgIpc) is 2.63. The van der Waals surface area contributed by atoms with Crippen molar-refractivity contribution in [2.45, 2.75) is 6.92 Å². The third-order valence-electron chi connectivity index (χ3n) is 3.53. The van der Waals surface area contributed by atoms with Gasteiger partial charge < -0.3 is 20.1 Å². The van der Waals surface area contributed by atoms with Crippen LogP contribution in [0.5, 0.6) is 11.5 Å². The Bertz CT molecular complexity index is 870. The minimum Gasteiger partial charge on any atom is -0.495 e. The van der Waals surface area contributed by atoms with Crippen LogP contribution in [0.25, 0.3) is 0 Å². The standard InChI is InChI=1S/C18H19N5O2/c1-12-8-9-16(25-3)14(10-12)21-18-22-17(11-19-23-18)20-13-6-4-5-7-15(13)24-2/h4-11H,1-3H3,(H2,20,21,22,23). The second-order valence-electron chi connectivity index (χ2n) is 5.32. The Balaban J connectivity index is 1.84. The predicted molar refractivity (Wildman–Crippen MR) is 97.1 cm³/mol. The molecule has 2 N–H and O–H groups in total. The van der Waals surface area contributed by atoms with Gasteiger partial charge in [-0.15, -0.1) is 5.10 Å². The highest BCUT2D eigenvalue weighted by atomic mass is 16.5. The third-order valence-corrected chi connectivity index (χ3v) is 3.53. The monoisotopic (exact) mass is 337 g/mol. The summed E-state index contributed by atoms with van der Waals surface area (Å²) in [7, 11) is 3.24. The van der Waals surface area contributed by atoms with Gasteiger partial charge in [0.1, 0.15) is 11.5 Å². The van der Waals surface area contributed by atoms with Crippen molar-refractivity contribution >= 4 is 23.1 Å². The molecule has 1 heterocycles. The molecule has 7 heteroatoms. The Morgan fingerprint density at radius 2 is 1.64 bits per heavy atom. The summed E-state index contributed by atoms with van der Waals surface area (Å²) in [6.07, 6.45) is 1.55. The van der Waals surface area contributed by atoms with Crippen molar-refractivity contribution in [3.8, 4) is 11.5 Å².